The van der Waals surface area contributed by atoms with Crippen LogP contribution in [0.1, 0.15) is 38.5 Å². The zero-order valence-corrected chi connectivity index (χ0v) is 10.0. The molecule has 1 heterocycles. The van der Waals surface area contributed by atoms with Crippen molar-refractivity contribution in [2.75, 3.05) is 13.1 Å². The molecule has 1 aliphatic heterocycles. The summed E-state index contributed by atoms with van der Waals surface area (Å²) in [5.74, 6) is -1.76. The number of nitrogens with zero attached hydrogens (tertiary/aromatic N) is 1. The molecule has 5 heteroatoms. The first-order valence-corrected chi connectivity index (χ1v) is 6.47. The van der Waals surface area contributed by atoms with Gasteiger partial charge in [0.25, 0.3) is 0 Å². The van der Waals surface area contributed by atoms with E-state index in [2.05, 4.69) is 5.43 Å². The number of amides is 1. The molecule has 0 aromatic heterocycles. The quantitative estimate of drug-likeness (QED) is 0.772. The summed E-state index contributed by atoms with van der Waals surface area (Å²) >= 11 is 0. The van der Waals surface area contributed by atoms with Crippen LogP contribution in [0.2, 0.25) is 0 Å². The molecule has 0 radical (unpaired) electrons. The van der Waals surface area contributed by atoms with Gasteiger partial charge in [0.15, 0.2) is 0 Å². The fourth-order valence-electron chi connectivity index (χ4n) is 2.81. The van der Waals surface area contributed by atoms with Gasteiger partial charge in [0.05, 0.1) is 11.8 Å². The number of carboxylic acids is 1. The van der Waals surface area contributed by atoms with Gasteiger partial charge in [0.2, 0.25) is 5.91 Å². The van der Waals surface area contributed by atoms with Crippen molar-refractivity contribution in [3.63, 3.8) is 0 Å². The highest BCUT2D eigenvalue weighted by Gasteiger charge is 2.38. The van der Waals surface area contributed by atoms with E-state index in [1.165, 1.54) is 6.42 Å². The van der Waals surface area contributed by atoms with Crippen LogP contribution in [0, 0.1) is 11.8 Å². The summed E-state index contributed by atoms with van der Waals surface area (Å²) in [5.41, 5.74) is 2.88. The van der Waals surface area contributed by atoms with Crippen LogP contribution < -0.4 is 5.43 Å². The number of carbonyl (C=O) groups excluding carboxylic acids is 1. The zero-order chi connectivity index (χ0) is 12.3. The molecule has 2 fully saturated rings. The molecular weight excluding hydrogens is 220 g/mol. The minimum Gasteiger partial charge on any atom is -0.481 e. The Bertz CT molecular complexity index is 300. The molecule has 1 aliphatic carbocycles. The molecule has 96 valence electrons. The van der Waals surface area contributed by atoms with Crippen LogP contribution in [0.25, 0.3) is 0 Å². The van der Waals surface area contributed by atoms with Gasteiger partial charge in [-0.25, -0.2) is 5.01 Å². The number of carboxylic acid groups (broad SMARTS) is 1. The second kappa shape index (κ2) is 5.49. The first-order valence-electron chi connectivity index (χ1n) is 6.47. The molecule has 2 rings (SSSR count). The number of nitrogens with one attached hydrogen (secondary N) is 1. The van der Waals surface area contributed by atoms with Crippen LogP contribution >= 0.6 is 0 Å². The number of hydrogen-bond donors (Lipinski definition) is 2. The third kappa shape index (κ3) is 2.97. The second-order valence-corrected chi connectivity index (χ2v) is 5.01. The van der Waals surface area contributed by atoms with Gasteiger partial charge in [-0.3, -0.25) is 15.0 Å². The van der Waals surface area contributed by atoms with Crippen molar-refractivity contribution >= 4 is 11.9 Å². The van der Waals surface area contributed by atoms with Crippen molar-refractivity contribution in [2.45, 2.75) is 38.5 Å². The molecule has 5 nitrogen and oxygen atoms in total. The molecule has 1 saturated heterocycles. The average Bonchev–Trinajstić information content (AvgIpc) is 2.79. The Balaban J connectivity index is 1.88. The van der Waals surface area contributed by atoms with Gasteiger partial charge in [-0.15, -0.1) is 0 Å². The summed E-state index contributed by atoms with van der Waals surface area (Å²) in [7, 11) is 0. The van der Waals surface area contributed by atoms with Gasteiger partial charge in [0, 0.05) is 13.1 Å². The Morgan fingerprint density at radius 3 is 2.29 bits per heavy atom. The summed E-state index contributed by atoms with van der Waals surface area (Å²) in [6, 6.07) is 0. The first-order chi connectivity index (χ1) is 8.18. The van der Waals surface area contributed by atoms with Gasteiger partial charge in [-0.1, -0.05) is 12.8 Å². The topological polar surface area (TPSA) is 69.6 Å². The highest BCUT2D eigenvalue weighted by molar-refractivity contribution is 5.84. The van der Waals surface area contributed by atoms with Crippen molar-refractivity contribution in [3.8, 4) is 0 Å². The predicted molar refractivity (Wildman–Crippen MR) is 62.0 cm³/mol. The van der Waals surface area contributed by atoms with Crippen molar-refractivity contribution in [3.05, 3.63) is 0 Å². The van der Waals surface area contributed by atoms with Gasteiger partial charge in [-0.2, -0.15) is 0 Å². The summed E-state index contributed by atoms with van der Waals surface area (Å²) in [5, 5.41) is 11.0. The monoisotopic (exact) mass is 240 g/mol. The lowest BCUT2D eigenvalue weighted by Gasteiger charge is -2.28. The Kier molecular flexibility index (Phi) is 3.99. The minimum absolute atomic E-state index is 0.100. The van der Waals surface area contributed by atoms with E-state index in [0.717, 1.165) is 32.4 Å². The van der Waals surface area contributed by atoms with Gasteiger partial charge in [0.1, 0.15) is 0 Å². The first kappa shape index (κ1) is 12.4. The zero-order valence-electron chi connectivity index (χ0n) is 10.0. The van der Waals surface area contributed by atoms with Gasteiger partial charge < -0.3 is 5.11 Å². The van der Waals surface area contributed by atoms with E-state index < -0.39 is 11.9 Å². The lowest BCUT2D eigenvalue weighted by Crippen LogP contribution is -2.48. The van der Waals surface area contributed by atoms with Crippen LogP contribution in [0.15, 0.2) is 0 Å². The maximum absolute atomic E-state index is 12.0. The number of hydrogen-bond acceptors (Lipinski definition) is 3. The number of piperidine rings is 1. The number of aliphatic carboxylic acids is 1. The maximum atomic E-state index is 12.0. The Morgan fingerprint density at radius 2 is 1.65 bits per heavy atom. The summed E-state index contributed by atoms with van der Waals surface area (Å²) < 4.78 is 0. The van der Waals surface area contributed by atoms with Crippen LogP contribution in [0.4, 0.5) is 0 Å². The van der Waals surface area contributed by atoms with Crippen molar-refractivity contribution in [1.29, 1.82) is 0 Å². The van der Waals surface area contributed by atoms with E-state index in [-0.39, 0.29) is 11.8 Å². The van der Waals surface area contributed by atoms with E-state index in [9.17, 15) is 9.59 Å². The smallest absolute Gasteiger partial charge is 0.307 e. The third-order valence-electron chi connectivity index (χ3n) is 3.79. The highest BCUT2D eigenvalue weighted by Crippen LogP contribution is 2.32. The van der Waals surface area contributed by atoms with Crippen molar-refractivity contribution in [2.24, 2.45) is 11.8 Å². The second-order valence-electron chi connectivity index (χ2n) is 5.01. The fourth-order valence-corrected chi connectivity index (χ4v) is 2.81. The number of rotatable bonds is 3. The predicted octanol–water partition coefficient (Wildman–Crippen LogP) is 1.00. The van der Waals surface area contributed by atoms with Crippen LogP contribution in [-0.2, 0) is 9.59 Å². The summed E-state index contributed by atoms with van der Waals surface area (Å²) in [4.78, 5) is 23.0. The average molecular weight is 240 g/mol. The molecule has 0 spiro atoms. The van der Waals surface area contributed by atoms with Gasteiger partial charge >= 0.3 is 5.97 Å². The van der Waals surface area contributed by atoms with E-state index in [1.807, 2.05) is 5.01 Å². The maximum Gasteiger partial charge on any atom is 0.307 e. The molecule has 17 heavy (non-hydrogen) atoms. The van der Waals surface area contributed by atoms with E-state index >= 15 is 0 Å². The van der Waals surface area contributed by atoms with E-state index in [4.69, 9.17) is 5.11 Å². The van der Waals surface area contributed by atoms with Crippen LogP contribution in [0.5, 0.6) is 0 Å². The molecular formula is C12H20N2O3. The lowest BCUT2D eigenvalue weighted by atomic mass is 9.95. The lowest BCUT2D eigenvalue weighted by molar-refractivity contribution is -0.147. The highest BCUT2D eigenvalue weighted by atomic mass is 16.4. The molecule has 2 aliphatic rings. The van der Waals surface area contributed by atoms with Crippen molar-refractivity contribution < 1.29 is 14.7 Å². The molecule has 1 saturated carbocycles. The normalized spacial score (nSPS) is 30.1. The minimum atomic E-state index is -0.832. The number of carbonyl (C=O) groups is 2. The molecule has 0 aromatic rings. The molecule has 0 unspecified atom stereocenters. The molecule has 2 N–H and O–H groups in total. The van der Waals surface area contributed by atoms with E-state index in [0.29, 0.717) is 12.8 Å². The molecule has 0 aromatic carbocycles. The summed E-state index contributed by atoms with van der Waals surface area (Å²) in [6.45, 7) is 1.77. The standard InChI is InChI=1S/C12H20N2O3/c15-11(13-14-7-2-1-3-8-14)9-5-4-6-10(9)12(16)17/h9-10H,1-8H2,(H,13,15)(H,16,17)/t9-,10+/m1/s1. The third-order valence-corrected chi connectivity index (χ3v) is 3.79. The fraction of sp³-hybridized carbons (Fsp3) is 0.833. The SMILES string of the molecule is O=C(O)[C@H]1CCC[C@H]1C(=O)NN1CCCCC1. The van der Waals surface area contributed by atoms with Crippen molar-refractivity contribution in [1.82, 2.24) is 10.4 Å². The number of hydrazine groups is 1. The molecule has 1 amide bonds. The Hall–Kier alpha value is -1.10. The largest absolute Gasteiger partial charge is 0.481 e. The Labute approximate surface area is 101 Å². The van der Waals surface area contributed by atoms with Crippen LogP contribution in [0.3, 0.4) is 0 Å². The van der Waals surface area contributed by atoms with E-state index in [1.54, 1.807) is 0 Å². The Morgan fingerprint density at radius 1 is 1.00 bits per heavy atom. The summed E-state index contributed by atoms with van der Waals surface area (Å²) in [6.07, 6.45) is 5.60. The van der Waals surface area contributed by atoms with Gasteiger partial charge in [-0.05, 0) is 25.7 Å². The van der Waals surface area contributed by atoms with Crippen LogP contribution in [-0.4, -0.2) is 35.1 Å². The molecule has 2 atom stereocenters. The molecule has 0 bridgehead atoms.